The van der Waals surface area contributed by atoms with Gasteiger partial charge < -0.3 is 0 Å². The summed E-state index contributed by atoms with van der Waals surface area (Å²) in [6.45, 7) is 6.45. The normalized spacial score (nSPS) is 10.5. The number of ketones is 1. The van der Waals surface area contributed by atoms with Gasteiger partial charge in [0, 0.05) is 5.56 Å². The monoisotopic (exact) mass is 282 g/mol. The molecule has 0 spiro atoms. The van der Waals surface area contributed by atoms with E-state index in [4.69, 9.17) is 0 Å². The third-order valence-electron chi connectivity index (χ3n) is 3.04. The molecule has 0 aliphatic heterocycles. The van der Waals surface area contributed by atoms with Crippen molar-refractivity contribution in [1.29, 1.82) is 0 Å². The second-order valence-electron chi connectivity index (χ2n) is 3.85. The van der Waals surface area contributed by atoms with Crippen molar-refractivity contribution in [1.82, 2.24) is 0 Å². The van der Waals surface area contributed by atoms with Crippen LogP contribution in [0.5, 0.6) is 0 Å². The van der Waals surface area contributed by atoms with Crippen LogP contribution >= 0.6 is 15.9 Å². The van der Waals surface area contributed by atoms with Gasteiger partial charge in [-0.1, -0.05) is 48.8 Å². The number of hydrogen-bond acceptors (Lipinski definition) is 1. The molecule has 0 saturated heterocycles. The van der Waals surface area contributed by atoms with Crippen molar-refractivity contribution in [2.24, 2.45) is 0 Å². The Balaban J connectivity index is 3.37. The third-order valence-corrected chi connectivity index (χ3v) is 3.55. The van der Waals surface area contributed by atoms with E-state index in [1.807, 2.05) is 6.07 Å². The summed E-state index contributed by atoms with van der Waals surface area (Å²) >= 11 is 3.25. The lowest BCUT2D eigenvalue weighted by Gasteiger charge is -2.15. The molecule has 1 nitrogen and oxygen atoms in total. The molecule has 0 aliphatic carbocycles. The summed E-state index contributed by atoms with van der Waals surface area (Å²) in [5.74, 6) is 0.189. The van der Waals surface area contributed by atoms with E-state index >= 15 is 0 Å². The van der Waals surface area contributed by atoms with E-state index in [0.29, 0.717) is 5.33 Å². The number of rotatable bonds is 5. The standard InChI is InChI=1S/C14H19BrO/c1-4-10-7-8-13(14(16)9-15)12(6-3)11(10)5-2/h7-8H,4-6,9H2,1-3H3. The van der Waals surface area contributed by atoms with Crippen LogP contribution in [0, 0.1) is 0 Å². The highest BCUT2D eigenvalue weighted by atomic mass is 79.9. The molecule has 1 aromatic rings. The summed E-state index contributed by atoms with van der Waals surface area (Å²) in [5, 5.41) is 0.411. The Hall–Kier alpha value is -0.630. The Morgan fingerprint density at radius 2 is 1.69 bits per heavy atom. The van der Waals surface area contributed by atoms with Crippen LogP contribution in [0.4, 0.5) is 0 Å². The molecular weight excluding hydrogens is 264 g/mol. The Kier molecular flexibility index (Phi) is 5.20. The first-order valence-electron chi connectivity index (χ1n) is 5.92. The van der Waals surface area contributed by atoms with Crippen molar-refractivity contribution >= 4 is 21.7 Å². The molecule has 0 amide bonds. The smallest absolute Gasteiger partial charge is 0.173 e. The van der Waals surface area contributed by atoms with E-state index in [9.17, 15) is 4.79 Å². The Labute approximate surface area is 106 Å². The van der Waals surface area contributed by atoms with E-state index in [2.05, 4.69) is 42.8 Å². The molecule has 16 heavy (non-hydrogen) atoms. The lowest BCUT2D eigenvalue weighted by atomic mass is 9.90. The predicted molar refractivity (Wildman–Crippen MR) is 72.7 cm³/mol. The molecule has 2 heteroatoms. The van der Waals surface area contributed by atoms with Crippen molar-refractivity contribution in [3.8, 4) is 0 Å². The number of carbonyl (C=O) groups excluding carboxylic acids is 1. The SMILES string of the molecule is CCc1ccc(C(=O)CBr)c(CC)c1CC. The van der Waals surface area contributed by atoms with E-state index in [-0.39, 0.29) is 5.78 Å². The Morgan fingerprint density at radius 1 is 1.06 bits per heavy atom. The first-order valence-corrected chi connectivity index (χ1v) is 7.04. The van der Waals surface area contributed by atoms with Crippen LogP contribution < -0.4 is 0 Å². The van der Waals surface area contributed by atoms with E-state index < -0.39 is 0 Å². The van der Waals surface area contributed by atoms with Crippen LogP contribution in [0.15, 0.2) is 12.1 Å². The summed E-state index contributed by atoms with van der Waals surface area (Å²) in [6, 6.07) is 4.09. The van der Waals surface area contributed by atoms with Gasteiger partial charge >= 0.3 is 0 Å². The van der Waals surface area contributed by atoms with Crippen molar-refractivity contribution in [2.45, 2.75) is 40.0 Å². The fourth-order valence-corrected chi connectivity index (χ4v) is 2.55. The molecule has 0 radical (unpaired) electrons. The molecule has 0 atom stereocenters. The fraction of sp³-hybridized carbons (Fsp3) is 0.500. The highest BCUT2D eigenvalue weighted by Crippen LogP contribution is 2.22. The largest absolute Gasteiger partial charge is 0.293 e. The van der Waals surface area contributed by atoms with Gasteiger partial charge in [0.1, 0.15) is 0 Å². The zero-order valence-corrected chi connectivity index (χ0v) is 11.9. The number of alkyl halides is 1. The van der Waals surface area contributed by atoms with Gasteiger partial charge in [0.15, 0.2) is 5.78 Å². The first-order chi connectivity index (χ1) is 7.69. The molecule has 0 aliphatic rings. The molecule has 88 valence electrons. The average molecular weight is 283 g/mol. The molecule has 1 aromatic carbocycles. The van der Waals surface area contributed by atoms with E-state index in [0.717, 1.165) is 24.8 Å². The van der Waals surface area contributed by atoms with E-state index in [1.165, 1.54) is 16.7 Å². The van der Waals surface area contributed by atoms with Crippen LogP contribution in [0.1, 0.15) is 47.8 Å². The van der Waals surface area contributed by atoms with Crippen molar-refractivity contribution in [3.63, 3.8) is 0 Å². The minimum absolute atomic E-state index is 0.189. The molecular formula is C14H19BrO. The summed E-state index contributed by atoms with van der Waals surface area (Å²) in [5.41, 5.74) is 4.89. The lowest BCUT2D eigenvalue weighted by molar-refractivity contribution is 0.102. The fourth-order valence-electron chi connectivity index (χ4n) is 2.25. The summed E-state index contributed by atoms with van der Waals surface area (Å²) in [7, 11) is 0. The van der Waals surface area contributed by atoms with Gasteiger partial charge in [-0.3, -0.25) is 4.79 Å². The highest BCUT2D eigenvalue weighted by Gasteiger charge is 2.14. The van der Waals surface area contributed by atoms with Crippen molar-refractivity contribution in [2.75, 3.05) is 5.33 Å². The van der Waals surface area contributed by atoms with Crippen LogP contribution in [0.3, 0.4) is 0 Å². The van der Waals surface area contributed by atoms with Gasteiger partial charge in [0.2, 0.25) is 0 Å². The van der Waals surface area contributed by atoms with E-state index in [1.54, 1.807) is 0 Å². The molecule has 0 heterocycles. The molecule has 0 bridgehead atoms. The maximum Gasteiger partial charge on any atom is 0.173 e. The van der Waals surface area contributed by atoms with Crippen LogP contribution in [0.2, 0.25) is 0 Å². The van der Waals surface area contributed by atoms with Crippen LogP contribution in [0.25, 0.3) is 0 Å². The third kappa shape index (κ3) is 2.54. The molecule has 1 rings (SSSR count). The molecule has 0 saturated carbocycles. The van der Waals surface area contributed by atoms with Gasteiger partial charge in [-0.15, -0.1) is 0 Å². The van der Waals surface area contributed by atoms with Gasteiger partial charge in [0.25, 0.3) is 0 Å². The predicted octanol–water partition coefficient (Wildman–Crippen LogP) is 3.95. The van der Waals surface area contributed by atoms with Gasteiger partial charge in [0.05, 0.1) is 5.33 Å². The minimum atomic E-state index is 0.189. The quantitative estimate of drug-likeness (QED) is 0.590. The summed E-state index contributed by atoms with van der Waals surface area (Å²) < 4.78 is 0. The molecule has 0 N–H and O–H groups in total. The second kappa shape index (κ2) is 6.19. The van der Waals surface area contributed by atoms with Crippen LogP contribution in [-0.2, 0) is 19.3 Å². The van der Waals surface area contributed by atoms with Gasteiger partial charge in [-0.05, 0) is 36.0 Å². The number of Topliss-reactive ketones (excluding diaryl/α,β-unsaturated/α-hetero) is 1. The number of benzene rings is 1. The average Bonchev–Trinajstić information content (AvgIpc) is 2.35. The summed E-state index contributed by atoms with van der Waals surface area (Å²) in [4.78, 5) is 11.8. The maximum absolute atomic E-state index is 11.8. The number of aryl methyl sites for hydroxylation is 1. The van der Waals surface area contributed by atoms with Crippen LogP contribution in [-0.4, -0.2) is 11.1 Å². The maximum atomic E-state index is 11.8. The molecule has 0 fully saturated rings. The van der Waals surface area contributed by atoms with Crippen molar-refractivity contribution < 1.29 is 4.79 Å². The Bertz CT molecular complexity index is 383. The second-order valence-corrected chi connectivity index (χ2v) is 4.41. The zero-order valence-electron chi connectivity index (χ0n) is 10.3. The lowest BCUT2D eigenvalue weighted by Crippen LogP contribution is -2.09. The van der Waals surface area contributed by atoms with Gasteiger partial charge in [-0.2, -0.15) is 0 Å². The van der Waals surface area contributed by atoms with Crippen molar-refractivity contribution in [3.05, 3.63) is 34.4 Å². The highest BCUT2D eigenvalue weighted by molar-refractivity contribution is 9.09. The number of hydrogen-bond donors (Lipinski definition) is 0. The summed E-state index contributed by atoms with van der Waals surface area (Å²) in [6.07, 6.45) is 2.99. The zero-order chi connectivity index (χ0) is 12.1. The molecule has 0 unspecified atom stereocenters. The number of halogens is 1. The number of carbonyl (C=O) groups is 1. The Morgan fingerprint density at radius 3 is 2.12 bits per heavy atom. The molecule has 0 aromatic heterocycles. The first kappa shape index (κ1) is 13.4. The minimum Gasteiger partial charge on any atom is -0.293 e. The topological polar surface area (TPSA) is 17.1 Å². The van der Waals surface area contributed by atoms with Gasteiger partial charge in [-0.25, -0.2) is 0 Å².